The second-order valence-electron chi connectivity index (χ2n) is 3.88. The molecule has 5 nitrogen and oxygen atoms in total. The van der Waals surface area contributed by atoms with Crippen molar-refractivity contribution in [1.29, 1.82) is 0 Å². The molecule has 2 aromatic rings. The Labute approximate surface area is 109 Å². The summed E-state index contributed by atoms with van der Waals surface area (Å²) in [6, 6.07) is 7.20. The molecule has 1 aromatic carbocycles. The van der Waals surface area contributed by atoms with Gasteiger partial charge in [0.15, 0.2) is 9.84 Å². The minimum Gasteiger partial charge on any atom is -0.291 e. The van der Waals surface area contributed by atoms with Crippen molar-refractivity contribution >= 4 is 21.4 Å². The van der Waals surface area contributed by atoms with Gasteiger partial charge in [0.05, 0.1) is 16.3 Å². The lowest BCUT2D eigenvalue weighted by Gasteiger charge is -2.05. The first-order chi connectivity index (χ1) is 8.38. The van der Waals surface area contributed by atoms with E-state index in [1.54, 1.807) is 7.05 Å². The number of nitrogens with zero attached hydrogens (tertiary/aromatic N) is 1. The topological polar surface area (TPSA) is 71.9 Å². The third-order valence-electron chi connectivity index (χ3n) is 2.52. The summed E-state index contributed by atoms with van der Waals surface area (Å²) in [4.78, 5) is 11.3. The maximum Gasteiger partial charge on any atom is 0.264 e. The summed E-state index contributed by atoms with van der Waals surface area (Å²) in [5.41, 5.74) is 0.0914. The van der Waals surface area contributed by atoms with Gasteiger partial charge in [-0.1, -0.05) is 11.6 Å². The molecule has 0 aliphatic carbocycles. The first kappa shape index (κ1) is 12.9. The molecule has 7 heteroatoms. The number of hydrogen-bond donors (Lipinski definition) is 1. The van der Waals surface area contributed by atoms with Crippen molar-refractivity contribution in [2.24, 2.45) is 7.05 Å². The Morgan fingerprint density at radius 2 is 1.89 bits per heavy atom. The van der Waals surface area contributed by atoms with E-state index < -0.39 is 9.84 Å². The zero-order valence-corrected chi connectivity index (χ0v) is 11.1. The number of aromatic amines is 1. The van der Waals surface area contributed by atoms with E-state index in [2.05, 4.69) is 5.10 Å². The molecule has 0 bridgehead atoms. The molecule has 0 saturated carbocycles. The molecule has 0 fully saturated rings. The fraction of sp³-hybridized carbons (Fsp3) is 0.182. The largest absolute Gasteiger partial charge is 0.291 e. The highest BCUT2D eigenvalue weighted by molar-refractivity contribution is 7.90. The minimum atomic E-state index is -3.48. The number of benzene rings is 1. The summed E-state index contributed by atoms with van der Waals surface area (Å²) < 4.78 is 25.6. The molecule has 0 radical (unpaired) electrons. The standard InChI is InChI=1S/C11H11ClN2O3S/c1-14-9(6-11(15)13-14)7-18(16,17)10-4-2-8(12)3-5-10/h2-6H,7H2,1H3,(H,13,15). The summed E-state index contributed by atoms with van der Waals surface area (Å²) >= 11 is 5.71. The molecule has 0 saturated heterocycles. The first-order valence-corrected chi connectivity index (χ1v) is 7.15. The smallest absolute Gasteiger partial charge is 0.264 e. The third-order valence-corrected chi connectivity index (χ3v) is 4.44. The highest BCUT2D eigenvalue weighted by Crippen LogP contribution is 2.18. The fourth-order valence-electron chi connectivity index (χ4n) is 1.58. The van der Waals surface area contributed by atoms with Crippen LogP contribution in [-0.4, -0.2) is 18.2 Å². The first-order valence-electron chi connectivity index (χ1n) is 5.12. The van der Waals surface area contributed by atoms with Crippen molar-refractivity contribution in [3.8, 4) is 0 Å². The summed E-state index contributed by atoms with van der Waals surface area (Å²) in [5, 5.41) is 2.94. The van der Waals surface area contributed by atoms with Crippen LogP contribution in [0.2, 0.25) is 5.02 Å². The van der Waals surface area contributed by atoms with Crippen LogP contribution in [0.3, 0.4) is 0 Å². The summed E-state index contributed by atoms with van der Waals surface area (Å²) in [6.45, 7) is 0. The number of H-pyrrole nitrogens is 1. The van der Waals surface area contributed by atoms with Crippen LogP contribution >= 0.6 is 11.6 Å². The molecular weight excluding hydrogens is 276 g/mol. The van der Waals surface area contributed by atoms with E-state index in [0.29, 0.717) is 10.7 Å². The molecule has 0 unspecified atom stereocenters. The van der Waals surface area contributed by atoms with Crippen LogP contribution in [-0.2, 0) is 22.6 Å². The predicted octanol–water partition coefficient (Wildman–Crippen LogP) is 1.34. The third kappa shape index (κ3) is 2.65. The van der Waals surface area contributed by atoms with Gasteiger partial charge in [0.2, 0.25) is 0 Å². The number of aryl methyl sites for hydroxylation is 1. The molecule has 0 amide bonds. The van der Waals surface area contributed by atoms with E-state index in [4.69, 9.17) is 11.6 Å². The van der Waals surface area contributed by atoms with E-state index in [9.17, 15) is 13.2 Å². The minimum absolute atomic E-state index is 0.181. The number of halogens is 1. The van der Waals surface area contributed by atoms with E-state index >= 15 is 0 Å². The molecule has 18 heavy (non-hydrogen) atoms. The predicted molar refractivity (Wildman–Crippen MR) is 68.4 cm³/mol. The molecule has 96 valence electrons. The average molecular weight is 287 g/mol. The second kappa shape index (κ2) is 4.62. The lowest BCUT2D eigenvalue weighted by molar-refractivity contribution is 0.591. The van der Waals surface area contributed by atoms with Crippen LogP contribution in [0.4, 0.5) is 0 Å². The van der Waals surface area contributed by atoms with Gasteiger partial charge in [-0.25, -0.2) is 8.42 Å². The number of aromatic nitrogens is 2. The van der Waals surface area contributed by atoms with Crippen LogP contribution in [0.15, 0.2) is 40.0 Å². The average Bonchev–Trinajstić information content (AvgIpc) is 2.57. The van der Waals surface area contributed by atoms with Crippen molar-refractivity contribution in [2.75, 3.05) is 0 Å². The van der Waals surface area contributed by atoms with Crippen molar-refractivity contribution < 1.29 is 8.42 Å². The molecule has 0 atom stereocenters. The van der Waals surface area contributed by atoms with Gasteiger partial charge in [-0.2, -0.15) is 0 Å². The van der Waals surface area contributed by atoms with Crippen molar-refractivity contribution in [3.63, 3.8) is 0 Å². The van der Waals surface area contributed by atoms with E-state index in [0.717, 1.165) is 0 Å². The van der Waals surface area contributed by atoms with Crippen LogP contribution in [0.1, 0.15) is 5.69 Å². The van der Waals surface area contributed by atoms with E-state index in [1.165, 1.54) is 35.0 Å². The van der Waals surface area contributed by atoms with Gasteiger partial charge in [0, 0.05) is 18.1 Å². The van der Waals surface area contributed by atoms with Crippen LogP contribution < -0.4 is 5.56 Å². The zero-order chi connectivity index (χ0) is 13.3. The van der Waals surface area contributed by atoms with Crippen molar-refractivity contribution in [1.82, 2.24) is 9.78 Å². The number of nitrogens with one attached hydrogen (secondary N) is 1. The highest BCUT2D eigenvalue weighted by Gasteiger charge is 2.17. The second-order valence-corrected chi connectivity index (χ2v) is 6.31. The number of hydrogen-bond acceptors (Lipinski definition) is 3. The molecule has 1 aromatic heterocycles. The van der Waals surface area contributed by atoms with Gasteiger partial charge in [0.25, 0.3) is 5.56 Å². The van der Waals surface area contributed by atoms with Gasteiger partial charge in [-0.15, -0.1) is 0 Å². The van der Waals surface area contributed by atoms with Crippen LogP contribution in [0.5, 0.6) is 0 Å². The Morgan fingerprint density at radius 1 is 1.28 bits per heavy atom. The monoisotopic (exact) mass is 286 g/mol. The lowest BCUT2D eigenvalue weighted by Crippen LogP contribution is -2.08. The maximum absolute atomic E-state index is 12.1. The molecular formula is C11H11ClN2O3S. The van der Waals surface area contributed by atoms with Crippen LogP contribution in [0, 0.1) is 0 Å². The summed E-state index contributed by atoms with van der Waals surface area (Å²) in [5.74, 6) is -0.232. The Hall–Kier alpha value is -1.53. The van der Waals surface area contributed by atoms with Gasteiger partial charge in [-0.05, 0) is 24.3 Å². The summed E-state index contributed by atoms with van der Waals surface area (Å²) in [6.07, 6.45) is 0. The Bertz CT molecular complexity index is 713. The van der Waals surface area contributed by atoms with Crippen molar-refractivity contribution in [2.45, 2.75) is 10.6 Å². The Morgan fingerprint density at radius 3 is 2.39 bits per heavy atom. The highest BCUT2D eigenvalue weighted by atomic mass is 35.5. The van der Waals surface area contributed by atoms with E-state index in [-0.39, 0.29) is 16.2 Å². The van der Waals surface area contributed by atoms with Gasteiger partial charge < -0.3 is 0 Å². The zero-order valence-electron chi connectivity index (χ0n) is 9.55. The van der Waals surface area contributed by atoms with Crippen LogP contribution in [0.25, 0.3) is 0 Å². The molecule has 0 spiro atoms. The fourth-order valence-corrected chi connectivity index (χ4v) is 3.09. The van der Waals surface area contributed by atoms with Gasteiger partial charge >= 0.3 is 0 Å². The number of rotatable bonds is 3. The Balaban J connectivity index is 2.35. The molecule has 1 N–H and O–H groups in total. The molecule has 0 aliphatic rings. The van der Waals surface area contributed by atoms with Gasteiger partial charge in [-0.3, -0.25) is 14.6 Å². The number of sulfone groups is 1. The van der Waals surface area contributed by atoms with Gasteiger partial charge in [0.1, 0.15) is 0 Å². The normalized spacial score (nSPS) is 11.7. The van der Waals surface area contributed by atoms with E-state index in [1.807, 2.05) is 0 Å². The lowest BCUT2D eigenvalue weighted by atomic mass is 10.4. The molecule has 1 heterocycles. The SMILES string of the molecule is Cn1[nH]c(=O)cc1CS(=O)(=O)c1ccc(Cl)cc1. The quantitative estimate of drug-likeness (QED) is 0.925. The molecule has 0 aliphatic heterocycles. The maximum atomic E-state index is 12.1. The Kier molecular flexibility index (Phi) is 3.32. The molecule has 2 rings (SSSR count). The van der Waals surface area contributed by atoms with Crippen molar-refractivity contribution in [3.05, 3.63) is 51.4 Å². The summed E-state index contributed by atoms with van der Waals surface area (Å²) in [7, 11) is -1.89.